The first kappa shape index (κ1) is 26.9. The second kappa shape index (κ2) is 11.6. The summed E-state index contributed by atoms with van der Waals surface area (Å²) in [6.45, 7) is 3.32. The zero-order valence-corrected chi connectivity index (χ0v) is 22.4. The molecule has 2 aliphatic heterocycles. The minimum absolute atomic E-state index is 0.0573. The van der Waals surface area contributed by atoms with Crippen LogP contribution in [0.1, 0.15) is 31.7 Å². The van der Waals surface area contributed by atoms with Crippen LogP contribution in [0.5, 0.6) is 0 Å². The van der Waals surface area contributed by atoms with Crippen LogP contribution in [0.25, 0.3) is 6.08 Å². The molecule has 1 atom stereocenters. The molecule has 0 aromatic heterocycles. The van der Waals surface area contributed by atoms with Gasteiger partial charge >= 0.3 is 6.09 Å². The number of allylic oxidation sites excluding steroid dienone is 2. The van der Waals surface area contributed by atoms with Gasteiger partial charge in [-0.1, -0.05) is 73.7 Å². The lowest BCUT2D eigenvalue weighted by molar-refractivity contribution is -0.117. The lowest BCUT2D eigenvalue weighted by Crippen LogP contribution is -2.42. The van der Waals surface area contributed by atoms with Crippen LogP contribution in [0.4, 0.5) is 10.5 Å². The monoisotopic (exact) mass is 536 g/mol. The van der Waals surface area contributed by atoms with E-state index in [1.807, 2.05) is 24.3 Å². The Morgan fingerprint density at radius 1 is 1.10 bits per heavy atom. The molecule has 2 N–H and O–H groups in total. The van der Waals surface area contributed by atoms with Crippen molar-refractivity contribution in [2.24, 2.45) is 10.4 Å². The summed E-state index contributed by atoms with van der Waals surface area (Å²) in [5.41, 5.74) is 2.89. The summed E-state index contributed by atoms with van der Waals surface area (Å²) >= 11 is 0. The predicted octanol–water partition coefficient (Wildman–Crippen LogP) is 5.50. The van der Waals surface area contributed by atoms with E-state index in [0.717, 1.165) is 30.8 Å². The van der Waals surface area contributed by atoms with Crippen LogP contribution in [0, 0.1) is 5.41 Å². The summed E-state index contributed by atoms with van der Waals surface area (Å²) in [6.07, 6.45) is 9.39. The number of para-hydroxylation sites is 1. The number of amidine groups is 1. The molecular formula is C32H32N4O4. The van der Waals surface area contributed by atoms with Gasteiger partial charge in [-0.15, -0.1) is 0 Å². The van der Waals surface area contributed by atoms with E-state index in [2.05, 4.69) is 41.4 Å². The summed E-state index contributed by atoms with van der Waals surface area (Å²) in [6, 6.07) is 19.1. The lowest BCUT2D eigenvalue weighted by Gasteiger charge is -2.33. The number of rotatable bonds is 8. The summed E-state index contributed by atoms with van der Waals surface area (Å²) < 4.78 is 0. The van der Waals surface area contributed by atoms with E-state index in [9.17, 15) is 19.5 Å². The Labute approximate surface area is 233 Å². The number of fused-ring (bicyclic) bond motifs is 1. The maximum absolute atomic E-state index is 13.1. The largest absolute Gasteiger partial charge is 0.465 e. The van der Waals surface area contributed by atoms with Crippen molar-refractivity contribution in [1.29, 1.82) is 0 Å². The molecule has 8 heteroatoms. The SMILES string of the molecule is C[C@@]1(C/C=C/c2ccccc2)CCN2CC(N(CC3=C(C(=O)Nc4ccccc4)CC(=O)C=C3)C(=O)O)=CN=C21. The summed E-state index contributed by atoms with van der Waals surface area (Å²) in [4.78, 5) is 45.7. The summed E-state index contributed by atoms with van der Waals surface area (Å²) in [7, 11) is 0. The quantitative estimate of drug-likeness (QED) is 0.464. The van der Waals surface area contributed by atoms with Crippen molar-refractivity contribution in [3.8, 4) is 0 Å². The summed E-state index contributed by atoms with van der Waals surface area (Å²) in [5.74, 6) is 0.346. The van der Waals surface area contributed by atoms with Gasteiger partial charge in [0.25, 0.3) is 5.91 Å². The number of amides is 2. The molecule has 0 unspecified atom stereocenters. The molecule has 2 amide bonds. The Balaban J connectivity index is 1.35. The molecule has 40 heavy (non-hydrogen) atoms. The van der Waals surface area contributed by atoms with Crippen molar-refractivity contribution in [3.63, 3.8) is 0 Å². The molecule has 0 radical (unpaired) electrons. The Hall–Kier alpha value is -4.72. The first-order valence-electron chi connectivity index (χ1n) is 13.4. The van der Waals surface area contributed by atoms with E-state index in [0.29, 0.717) is 23.5 Å². The zero-order valence-electron chi connectivity index (χ0n) is 22.4. The van der Waals surface area contributed by atoms with Gasteiger partial charge in [0.05, 0.1) is 25.0 Å². The second-order valence-corrected chi connectivity index (χ2v) is 10.5. The van der Waals surface area contributed by atoms with E-state index in [1.165, 1.54) is 11.0 Å². The number of nitrogens with zero attached hydrogens (tertiary/aromatic N) is 3. The van der Waals surface area contributed by atoms with Gasteiger partial charge in [0, 0.05) is 29.6 Å². The molecule has 2 aromatic rings. The fourth-order valence-electron chi connectivity index (χ4n) is 5.32. The number of aliphatic imine (C=N–C) groups is 1. The van der Waals surface area contributed by atoms with E-state index in [1.54, 1.807) is 36.5 Å². The van der Waals surface area contributed by atoms with Gasteiger partial charge in [0.1, 0.15) is 5.84 Å². The average Bonchev–Trinajstić information content (AvgIpc) is 3.29. The average molecular weight is 537 g/mol. The molecule has 0 bridgehead atoms. The van der Waals surface area contributed by atoms with Gasteiger partial charge < -0.3 is 15.3 Å². The number of hydrogen-bond acceptors (Lipinski definition) is 5. The smallest absolute Gasteiger partial charge is 0.411 e. The number of carbonyl (C=O) groups is 3. The Kier molecular flexibility index (Phi) is 7.77. The first-order chi connectivity index (χ1) is 19.3. The van der Waals surface area contributed by atoms with Crippen LogP contribution in [0.2, 0.25) is 0 Å². The fraction of sp³-hybridized carbons (Fsp3) is 0.250. The normalized spacial score (nSPS) is 20.3. The number of carbonyl (C=O) groups excluding carboxylic acids is 2. The Morgan fingerprint density at radius 3 is 2.55 bits per heavy atom. The van der Waals surface area contributed by atoms with Crippen molar-refractivity contribution >= 4 is 35.4 Å². The molecule has 1 aliphatic carbocycles. The Bertz CT molecular complexity index is 1460. The van der Waals surface area contributed by atoms with Crippen molar-refractivity contribution < 1.29 is 19.5 Å². The van der Waals surface area contributed by atoms with Crippen LogP contribution in [-0.4, -0.2) is 58.2 Å². The van der Waals surface area contributed by atoms with Gasteiger partial charge in [-0.05, 0) is 42.2 Å². The first-order valence-corrected chi connectivity index (χ1v) is 13.4. The van der Waals surface area contributed by atoms with Crippen molar-refractivity contribution in [2.75, 3.05) is 25.0 Å². The number of ketones is 1. The third-order valence-electron chi connectivity index (χ3n) is 7.56. The highest BCUT2D eigenvalue weighted by molar-refractivity contribution is 6.10. The van der Waals surface area contributed by atoms with Crippen molar-refractivity contribution in [3.05, 3.63) is 107 Å². The molecule has 3 aliphatic rings. The maximum atomic E-state index is 13.1. The minimum atomic E-state index is -1.14. The maximum Gasteiger partial charge on any atom is 0.411 e. The highest BCUT2D eigenvalue weighted by Crippen LogP contribution is 2.39. The molecule has 0 spiro atoms. The molecule has 1 fully saturated rings. The number of nitrogens with one attached hydrogen (secondary N) is 1. The predicted molar refractivity (Wildman–Crippen MR) is 156 cm³/mol. The van der Waals surface area contributed by atoms with E-state index in [-0.39, 0.29) is 29.7 Å². The fourth-order valence-corrected chi connectivity index (χ4v) is 5.32. The number of hydrogen-bond donors (Lipinski definition) is 2. The molecule has 2 heterocycles. The molecule has 1 saturated heterocycles. The molecule has 204 valence electrons. The molecule has 0 saturated carbocycles. The van der Waals surface area contributed by atoms with E-state index >= 15 is 0 Å². The Morgan fingerprint density at radius 2 is 1.82 bits per heavy atom. The van der Waals surface area contributed by atoms with Crippen LogP contribution in [0.15, 0.2) is 107 Å². The van der Waals surface area contributed by atoms with E-state index in [4.69, 9.17) is 4.99 Å². The topological polar surface area (TPSA) is 102 Å². The van der Waals surface area contributed by atoms with Crippen LogP contribution in [0.3, 0.4) is 0 Å². The summed E-state index contributed by atoms with van der Waals surface area (Å²) in [5, 5.41) is 12.9. The van der Waals surface area contributed by atoms with Gasteiger partial charge in [-0.2, -0.15) is 0 Å². The van der Waals surface area contributed by atoms with Gasteiger partial charge in [0.2, 0.25) is 0 Å². The van der Waals surface area contributed by atoms with Gasteiger partial charge in [-0.3, -0.25) is 14.5 Å². The highest BCUT2D eigenvalue weighted by atomic mass is 16.4. The standard InChI is InChI=1S/C32H32N4O4/c1-32(16-8-11-23-9-4-2-5-10-23)17-18-35-22-26(20-33-30(32)35)36(31(39)40)21-24-14-15-27(37)19-28(24)29(38)34-25-12-6-3-7-13-25/h2-15,20H,16-19,21-22H2,1H3,(H,34,38)(H,39,40)/b11-8+/t32-/m1/s1. The second-order valence-electron chi connectivity index (χ2n) is 10.5. The van der Waals surface area contributed by atoms with Gasteiger partial charge in [-0.25, -0.2) is 9.79 Å². The third kappa shape index (κ3) is 5.96. The van der Waals surface area contributed by atoms with Crippen LogP contribution in [-0.2, 0) is 9.59 Å². The molecule has 2 aromatic carbocycles. The number of benzene rings is 2. The van der Waals surface area contributed by atoms with Crippen molar-refractivity contribution in [2.45, 2.75) is 26.2 Å². The van der Waals surface area contributed by atoms with Crippen molar-refractivity contribution in [1.82, 2.24) is 9.80 Å². The van der Waals surface area contributed by atoms with E-state index < -0.39 is 12.0 Å². The zero-order chi connectivity index (χ0) is 28.1. The number of carboxylic acid groups (broad SMARTS) is 1. The number of anilines is 1. The van der Waals surface area contributed by atoms with Gasteiger partial charge in [0.15, 0.2) is 5.78 Å². The van der Waals surface area contributed by atoms with Crippen LogP contribution < -0.4 is 5.32 Å². The molecule has 8 nitrogen and oxygen atoms in total. The van der Waals surface area contributed by atoms with Crippen LogP contribution >= 0.6 is 0 Å². The minimum Gasteiger partial charge on any atom is -0.465 e. The molecular weight excluding hydrogens is 504 g/mol. The third-order valence-corrected chi connectivity index (χ3v) is 7.56. The highest BCUT2D eigenvalue weighted by Gasteiger charge is 2.41. The lowest BCUT2D eigenvalue weighted by atomic mass is 9.84. The molecule has 5 rings (SSSR count).